The molecule has 0 aliphatic rings. The first-order valence-corrected chi connectivity index (χ1v) is 12.8. The van der Waals surface area contributed by atoms with Crippen molar-refractivity contribution in [2.75, 3.05) is 5.32 Å². The van der Waals surface area contributed by atoms with Crippen molar-refractivity contribution in [3.63, 3.8) is 0 Å². The Morgan fingerprint density at radius 2 is 1.11 bits per heavy atom. The van der Waals surface area contributed by atoms with E-state index in [-0.39, 0.29) is 12.1 Å². The standard InChI is InChI=1S/C32H35N3S/c1-22-15-23(2)18-26(17-22)21-33-30(27-11-7-5-8-12-27)31(28-13-9-6-10-14-28)35-32(36)34-29-19-24(3)16-25(4)20-29/h5-20,30-31,33H,21H2,1-4H3,(H2,34,35,36). The van der Waals surface area contributed by atoms with Gasteiger partial charge in [0.25, 0.3) is 0 Å². The van der Waals surface area contributed by atoms with E-state index in [1.807, 2.05) is 6.07 Å². The summed E-state index contributed by atoms with van der Waals surface area (Å²) >= 11 is 5.83. The summed E-state index contributed by atoms with van der Waals surface area (Å²) < 4.78 is 0. The van der Waals surface area contributed by atoms with Gasteiger partial charge in [-0.15, -0.1) is 0 Å². The van der Waals surface area contributed by atoms with Crippen molar-refractivity contribution in [1.29, 1.82) is 0 Å². The fourth-order valence-electron chi connectivity index (χ4n) is 4.86. The third-order valence-corrected chi connectivity index (χ3v) is 6.44. The molecular formula is C32H35N3S. The SMILES string of the molecule is Cc1cc(C)cc(CNC(c2ccccc2)C(NC(=S)Nc2cc(C)cc(C)c2)c2ccccc2)c1. The topological polar surface area (TPSA) is 36.1 Å². The summed E-state index contributed by atoms with van der Waals surface area (Å²) in [4.78, 5) is 0. The van der Waals surface area contributed by atoms with Gasteiger partial charge in [0.1, 0.15) is 0 Å². The van der Waals surface area contributed by atoms with Crippen LogP contribution in [-0.2, 0) is 6.54 Å². The van der Waals surface area contributed by atoms with Gasteiger partial charge in [-0.1, -0.05) is 96.1 Å². The Balaban J connectivity index is 1.64. The molecule has 0 heterocycles. The predicted molar refractivity (Wildman–Crippen MR) is 156 cm³/mol. The maximum Gasteiger partial charge on any atom is 0.171 e. The van der Waals surface area contributed by atoms with Crippen molar-refractivity contribution < 1.29 is 0 Å². The van der Waals surface area contributed by atoms with Crippen LogP contribution < -0.4 is 16.0 Å². The number of hydrogen-bond acceptors (Lipinski definition) is 2. The Morgan fingerprint density at radius 3 is 1.64 bits per heavy atom. The molecule has 36 heavy (non-hydrogen) atoms. The van der Waals surface area contributed by atoms with Gasteiger partial charge in [-0.3, -0.25) is 0 Å². The molecule has 0 amide bonds. The molecule has 4 rings (SSSR count). The highest BCUT2D eigenvalue weighted by molar-refractivity contribution is 7.80. The Kier molecular flexibility index (Phi) is 8.52. The summed E-state index contributed by atoms with van der Waals surface area (Å²) in [7, 11) is 0. The molecule has 0 saturated heterocycles. The predicted octanol–water partition coefficient (Wildman–Crippen LogP) is 7.48. The third-order valence-electron chi connectivity index (χ3n) is 6.22. The van der Waals surface area contributed by atoms with Crippen molar-refractivity contribution in [1.82, 2.24) is 10.6 Å². The molecule has 3 N–H and O–H groups in total. The van der Waals surface area contributed by atoms with E-state index < -0.39 is 0 Å². The van der Waals surface area contributed by atoms with Crippen LogP contribution in [0.2, 0.25) is 0 Å². The maximum absolute atomic E-state index is 5.83. The smallest absolute Gasteiger partial charge is 0.171 e. The Hall–Kier alpha value is -3.47. The molecule has 4 aromatic rings. The molecule has 0 radical (unpaired) electrons. The van der Waals surface area contributed by atoms with Crippen molar-refractivity contribution in [3.8, 4) is 0 Å². The van der Waals surface area contributed by atoms with Crippen LogP contribution in [0, 0.1) is 27.7 Å². The Bertz CT molecular complexity index is 1260. The number of thiocarbonyl (C=S) groups is 1. The van der Waals surface area contributed by atoms with Crippen LogP contribution in [-0.4, -0.2) is 5.11 Å². The van der Waals surface area contributed by atoms with Gasteiger partial charge in [0.05, 0.1) is 12.1 Å². The van der Waals surface area contributed by atoms with E-state index in [1.54, 1.807) is 0 Å². The van der Waals surface area contributed by atoms with Crippen LogP contribution in [0.4, 0.5) is 5.69 Å². The van der Waals surface area contributed by atoms with E-state index in [9.17, 15) is 0 Å². The molecule has 0 saturated carbocycles. The van der Waals surface area contributed by atoms with Crippen molar-refractivity contribution in [2.45, 2.75) is 46.3 Å². The van der Waals surface area contributed by atoms with Gasteiger partial charge in [-0.2, -0.15) is 0 Å². The van der Waals surface area contributed by atoms with E-state index in [2.05, 4.69) is 135 Å². The molecule has 0 aromatic heterocycles. The monoisotopic (exact) mass is 493 g/mol. The van der Waals surface area contributed by atoms with Crippen LogP contribution in [0.1, 0.15) is 51.0 Å². The third kappa shape index (κ3) is 7.03. The lowest BCUT2D eigenvalue weighted by molar-refractivity contribution is 0.425. The van der Waals surface area contributed by atoms with Crippen molar-refractivity contribution >= 4 is 23.0 Å². The second kappa shape index (κ2) is 12.0. The van der Waals surface area contributed by atoms with E-state index in [1.165, 1.54) is 38.9 Å². The number of nitrogens with one attached hydrogen (secondary N) is 3. The minimum atomic E-state index is -0.0783. The molecule has 0 fully saturated rings. The average molecular weight is 494 g/mol. The maximum atomic E-state index is 5.83. The van der Waals surface area contributed by atoms with Crippen LogP contribution in [0.3, 0.4) is 0 Å². The van der Waals surface area contributed by atoms with Gasteiger partial charge in [-0.05, 0) is 79.9 Å². The lowest BCUT2D eigenvalue weighted by Crippen LogP contribution is -2.40. The van der Waals surface area contributed by atoms with E-state index in [4.69, 9.17) is 12.2 Å². The molecule has 0 aliphatic carbocycles. The van der Waals surface area contributed by atoms with Crippen LogP contribution in [0.25, 0.3) is 0 Å². The summed E-state index contributed by atoms with van der Waals surface area (Å²) in [5.41, 5.74) is 9.61. The molecule has 2 atom stereocenters. The number of rotatable bonds is 8. The zero-order chi connectivity index (χ0) is 25.5. The number of aryl methyl sites for hydroxylation is 4. The molecule has 0 aliphatic heterocycles. The Morgan fingerprint density at radius 1 is 0.639 bits per heavy atom. The van der Waals surface area contributed by atoms with Crippen LogP contribution >= 0.6 is 12.2 Å². The van der Waals surface area contributed by atoms with E-state index >= 15 is 0 Å². The number of hydrogen-bond donors (Lipinski definition) is 3. The zero-order valence-corrected chi connectivity index (χ0v) is 22.3. The van der Waals surface area contributed by atoms with Gasteiger partial charge in [0.2, 0.25) is 0 Å². The first-order chi connectivity index (χ1) is 17.4. The first kappa shape index (κ1) is 25.6. The quantitative estimate of drug-likeness (QED) is 0.222. The summed E-state index contributed by atoms with van der Waals surface area (Å²) in [6.07, 6.45) is 0. The number of benzene rings is 4. The molecule has 0 spiro atoms. The van der Waals surface area contributed by atoms with Crippen molar-refractivity contribution in [3.05, 3.63) is 136 Å². The minimum Gasteiger partial charge on any atom is -0.354 e. The zero-order valence-electron chi connectivity index (χ0n) is 21.5. The summed E-state index contributed by atoms with van der Waals surface area (Å²) in [6.45, 7) is 9.26. The second-order valence-corrected chi connectivity index (χ2v) is 10.0. The Labute approximate surface area is 221 Å². The average Bonchev–Trinajstić information content (AvgIpc) is 2.83. The molecule has 4 heteroatoms. The van der Waals surface area contributed by atoms with Gasteiger partial charge in [0.15, 0.2) is 5.11 Å². The largest absolute Gasteiger partial charge is 0.354 e. The van der Waals surface area contributed by atoms with E-state index in [0.29, 0.717) is 5.11 Å². The molecule has 2 unspecified atom stereocenters. The van der Waals surface area contributed by atoms with Gasteiger partial charge in [0, 0.05) is 12.2 Å². The van der Waals surface area contributed by atoms with Crippen LogP contribution in [0.15, 0.2) is 97.1 Å². The van der Waals surface area contributed by atoms with Crippen LogP contribution in [0.5, 0.6) is 0 Å². The lowest BCUT2D eigenvalue weighted by Gasteiger charge is -2.31. The summed E-state index contributed by atoms with van der Waals surface area (Å²) in [5, 5.41) is 11.5. The van der Waals surface area contributed by atoms with Crippen molar-refractivity contribution in [2.24, 2.45) is 0 Å². The highest BCUT2D eigenvalue weighted by atomic mass is 32.1. The fourth-order valence-corrected chi connectivity index (χ4v) is 5.11. The van der Waals surface area contributed by atoms with E-state index in [0.717, 1.165) is 12.2 Å². The fraction of sp³-hybridized carbons (Fsp3) is 0.219. The minimum absolute atomic E-state index is 0.00610. The first-order valence-electron chi connectivity index (χ1n) is 12.4. The lowest BCUT2D eigenvalue weighted by atomic mass is 9.93. The highest BCUT2D eigenvalue weighted by Gasteiger charge is 2.25. The molecule has 4 aromatic carbocycles. The number of anilines is 1. The van der Waals surface area contributed by atoms with Gasteiger partial charge >= 0.3 is 0 Å². The molecule has 3 nitrogen and oxygen atoms in total. The van der Waals surface area contributed by atoms with Gasteiger partial charge < -0.3 is 16.0 Å². The molecule has 184 valence electrons. The summed E-state index contributed by atoms with van der Waals surface area (Å²) in [6, 6.07) is 34.1. The second-order valence-electron chi connectivity index (χ2n) is 9.63. The summed E-state index contributed by atoms with van der Waals surface area (Å²) in [5.74, 6) is 0. The highest BCUT2D eigenvalue weighted by Crippen LogP contribution is 2.30. The van der Waals surface area contributed by atoms with Gasteiger partial charge in [-0.25, -0.2) is 0 Å². The normalized spacial score (nSPS) is 12.6. The molecular weight excluding hydrogens is 458 g/mol. The molecule has 0 bridgehead atoms.